The minimum atomic E-state index is -0.147. The molecule has 8 heteroatoms. The van der Waals surface area contributed by atoms with Crippen LogP contribution in [0.2, 0.25) is 5.02 Å². The molecule has 7 nitrogen and oxygen atoms in total. The molecule has 1 aromatic carbocycles. The Bertz CT molecular complexity index is 909. The van der Waals surface area contributed by atoms with Crippen LogP contribution in [-0.4, -0.2) is 67.1 Å². The van der Waals surface area contributed by atoms with Gasteiger partial charge in [-0.05, 0) is 43.2 Å². The third kappa shape index (κ3) is 4.74. The van der Waals surface area contributed by atoms with Crippen molar-refractivity contribution in [3.8, 4) is 0 Å². The smallest absolute Gasteiger partial charge is 0.255 e. The summed E-state index contributed by atoms with van der Waals surface area (Å²) in [5.41, 5.74) is 1.13. The van der Waals surface area contributed by atoms with E-state index in [-0.39, 0.29) is 17.9 Å². The van der Waals surface area contributed by atoms with Crippen molar-refractivity contribution >= 4 is 29.2 Å². The summed E-state index contributed by atoms with van der Waals surface area (Å²) in [6.07, 6.45) is 3.80. The zero-order chi connectivity index (χ0) is 20.9. The predicted octanol–water partition coefficient (Wildman–Crippen LogP) is 2.61. The fourth-order valence-corrected chi connectivity index (χ4v) is 4.05. The van der Waals surface area contributed by atoms with E-state index in [4.69, 9.17) is 16.3 Å². The second-order valence-corrected chi connectivity index (χ2v) is 7.95. The minimum Gasteiger partial charge on any atom is -0.376 e. The van der Waals surface area contributed by atoms with Gasteiger partial charge in [-0.1, -0.05) is 17.7 Å². The number of carbonyl (C=O) groups is 2. The first-order valence-corrected chi connectivity index (χ1v) is 10.6. The number of rotatable bonds is 5. The van der Waals surface area contributed by atoms with Crippen molar-refractivity contribution in [1.29, 1.82) is 0 Å². The summed E-state index contributed by atoms with van der Waals surface area (Å²) >= 11 is 6.01. The molecular formula is C22H25ClN4O3. The first-order valence-electron chi connectivity index (χ1n) is 10.3. The fraction of sp³-hybridized carbons (Fsp3) is 0.409. The number of anilines is 1. The molecule has 0 saturated carbocycles. The zero-order valence-electron chi connectivity index (χ0n) is 16.7. The molecular weight excluding hydrogens is 404 g/mol. The van der Waals surface area contributed by atoms with Gasteiger partial charge < -0.3 is 19.9 Å². The molecule has 2 aliphatic heterocycles. The number of carbonyl (C=O) groups excluding carboxylic acids is 2. The third-order valence-corrected chi connectivity index (χ3v) is 5.72. The molecule has 158 valence electrons. The highest BCUT2D eigenvalue weighted by atomic mass is 35.5. The molecule has 2 fully saturated rings. The fourth-order valence-electron chi connectivity index (χ4n) is 3.86. The van der Waals surface area contributed by atoms with E-state index in [1.165, 1.54) is 0 Å². The van der Waals surface area contributed by atoms with Gasteiger partial charge in [0.15, 0.2) is 0 Å². The van der Waals surface area contributed by atoms with Gasteiger partial charge in [-0.25, -0.2) is 4.98 Å². The summed E-state index contributed by atoms with van der Waals surface area (Å²) in [7, 11) is 0. The van der Waals surface area contributed by atoms with Gasteiger partial charge in [0, 0.05) is 56.1 Å². The number of piperazine rings is 1. The molecule has 0 radical (unpaired) electrons. The van der Waals surface area contributed by atoms with Gasteiger partial charge in [-0.15, -0.1) is 0 Å². The van der Waals surface area contributed by atoms with Gasteiger partial charge in [-0.2, -0.15) is 0 Å². The van der Waals surface area contributed by atoms with Crippen molar-refractivity contribution in [3.05, 3.63) is 58.7 Å². The summed E-state index contributed by atoms with van der Waals surface area (Å²) in [4.78, 5) is 33.8. The van der Waals surface area contributed by atoms with Crippen LogP contribution in [0, 0.1) is 0 Å². The van der Waals surface area contributed by atoms with Crippen LogP contribution < -0.4 is 10.2 Å². The highest BCUT2D eigenvalue weighted by Crippen LogP contribution is 2.21. The van der Waals surface area contributed by atoms with E-state index in [0.29, 0.717) is 54.7 Å². The van der Waals surface area contributed by atoms with E-state index in [9.17, 15) is 9.59 Å². The first kappa shape index (κ1) is 20.6. The van der Waals surface area contributed by atoms with Crippen molar-refractivity contribution in [2.24, 2.45) is 0 Å². The molecule has 1 atom stereocenters. The van der Waals surface area contributed by atoms with Gasteiger partial charge in [0.05, 0.1) is 11.7 Å². The molecule has 1 aromatic heterocycles. The SMILES string of the molecule is O=C(NCC1CCCO1)c1cccnc1N1CCN(C(=O)c2cccc(Cl)c2)CC1. The molecule has 2 amide bonds. The summed E-state index contributed by atoms with van der Waals surface area (Å²) in [5, 5.41) is 3.51. The lowest BCUT2D eigenvalue weighted by molar-refractivity contribution is 0.0745. The number of benzene rings is 1. The number of aromatic nitrogens is 1. The van der Waals surface area contributed by atoms with Crippen LogP contribution in [0.3, 0.4) is 0 Å². The Labute approximate surface area is 181 Å². The molecule has 4 rings (SSSR count). The van der Waals surface area contributed by atoms with Crippen LogP contribution in [0.4, 0.5) is 5.82 Å². The van der Waals surface area contributed by atoms with E-state index in [1.54, 1.807) is 42.6 Å². The standard InChI is InChI=1S/C22H25ClN4O3/c23-17-5-1-4-16(14-17)22(29)27-11-9-26(10-12-27)20-19(7-2-8-24-20)21(28)25-15-18-6-3-13-30-18/h1-2,4-5,7-8,14,18H,3,6,9-13,15H2,(H,25,28). The van der Waals surface area contributed by atoms with E-state index in [0.717, 1.165) is 19.4 Å². The lowest BCUT2D eigenvalue weighted by Gasteiger charge is -2.36. The third-order valence-electron chi connectivity index (χ3n) is 5.48. The molecule has 0 bridgehead atoms. The molecule has 30 heavy (non-hydrogen) atoms. The Hall–Kier alpha value is -2.64. The largest absolute Gasteiger partial charge is 0.376 e. The van der Waals surface area contributed by atoms with Crippen molar-refractivity contribution in [2.45, 2.75) is 18.9 Å². The predicted molar refractivity (Wildman–Crippen MR) is 115 cm³/mol. The summed E-state index contributed by atoms with van der Waals surface area (Å²) in [6.45, 7) is 3.59. The van der Waals surface area contributed by atoms with Gasteiger partial charge in [0.2, 0.25) is 0 Å². The average molecular weight is 429 g/mol. The zero-order valence-corrected chi connectivity index (χ0v) is 17.5. The maximum absolute atomic E-state index is 12.7. The maximum atomic E-state index is 12.7. The molecule has 2 saturated heterocycles. The molecule has 3 heterocycles. The highest BCUT2D eigenvalue weighted by molar-refractivity contribution is 6.30. The molecule has 0 spiro atoms. The Morgan fingerprint density at radius 1 is 1.17 bits per heavy atom. The normalized spacial score (nSPS) is 19.0. The van der Waals surface area contributed by atoms with Crippen molar-refractivity contribution in [2.75, 3.05) is 44.2 Å². The van der Waals surface area contributed by atoms with E-state index in [1.807, 2.05) is 4.90 Å². The number of nitrogens with one attached hydrogen (secondary N) is 1. The van der Waals surface area contributed by atoms with E-state index < -0.39 is 0 Å². The van der Waals surface area contributed by atoms with E-state index >= 15 is 0 Å². The Kier molecular flexibility index (Phi) is 6.50. The van der Waals surface area contributed by atoms with Crippen LogP contribution in [-0.2, 0) is 4.74 Å². The van der Waals surface area contributed by atoms with Crippen LogP contribution >= 0.6 is 11.6 Å². The molecule has 0 aliphatic carbocycles. The number of pyridine rings is 1. The average Bonchev–Trinajstić information content (AvgIpc) is 3.31. The summed E-state index contributed by atoms with van der Waals surface area (Å²) in [5.74, 6) is 0.468. The van der Waals surface area contributed by atoms with Gasteiger partial charge >= 0.3 is 0 Å². The van der Waals surface area contributed by atoms with Crippen molar-refractivity contribution in [3.63, 3.8) is 0 Å². The van der Waals surface area contributed by atoms with Crippen LogP contribution in [0.1, 0.15) is 33.6 Å². The Morgan fingerprint density at radius 3 is 2.73 bits per heavy atom. The number of halogens is 1. The van der Waals surface area contributed by atoms with Crippen LogP contribution in [0.5, 0.6) is 0 Å². The van der Waals surface area contributed by atoms with E-state index in [2.05, 4.69) is 15.2 Å². The van der Waals surface area contributed by atoms with Gasteiger partial charge in [0.25, 0.3) is 11.8 Å². The van der Waals surface area contributed by atoms with Gasteiger partial charge in [-0.3, -0.25) is 9.59 Å². The van der Waals surface area contributed by atoms with Crippen molar-refractivity contribution in [1.82, 2.24) is 15.2 Å². The lowest BCUT2D eigenvalue weighted by Crippen LogP contribution is -2.49. The lowest BCUT2D eigenvalue weighted by atomic mass is 10.1. The van der Waals surface area contributed by atoms with Gasteiger partial charge in [0.1, 0.15) is 5.82 Å². The number of hydrogen-bond acceptors (Lipinski definition) is 5. The molecule has 1 unspecified atom stereocenters. The maximum Gasteiger partial charge on any atom is 0.255 e. The number of hydrogen-bond donors (Lipinski definition) is 1. The second-order valence-electron chi connectivity index (χ2n) is 7.51. The monoisotopic (exact) mass is 428 g/mol. The molecule has 1 N–H and O–H groups in total. The Balaban J connectivity index is 1.38. The summed E-state index contributed by atoms with van der Waals surface area (Å²) < 4.78 is 5.58. The summed E-state index contributed by atoms with van der Waals surface area (Å²) in [6, 6.07) is 10.5. The van der Waals surface area contributed by atoms with Crippen LogP contribution in [0.25, 0.3) is 0 Å². The second kappa shape index (κ2) is 9.45. The Morgan fingerprint density at radius 2 is 2.00 bits per heavy atom. The quantitative estimate of drug-likeness (QED) is 0.792. The topological polar surface area (TPSA) is 74.8 Å². The van der Waals surface area contributed by atoms with Crippen molar-refractivity contribution < 1.29 is 14.3 Å². The number of nitrogens with zero attached hydrogens (tertiary/aromatic N) is 3. The molecule has 2 aromatic rings. The molecule has 2 aliphatic rings. The number of ether oxygens (including phenoxy) is 1. The highest BCUT2D eigenvalue weighted by Gasteiger charge is 2.26. The first-order chi connectivity index (χ1) is 14.6. The number of amides is 2. The van der Waals surface area contributed by atoms with Crippen LogP contribution in [0.15, 0.2) is 42.6 Å². The minimum absolute atomic E-state index is 0.0345.